The molecule has 0 radical (unpaired) electrons. The monoisotopic (exact) mass is 391 g/mol. The number of carbonyl (C=O) groups is 1. The molecule has 2 nitrogen and oxygen atoms in total. The van der Waals surface area contributed by atoms with Crippen molar-refractivity contribution in [3.05, 3.63) is 41.5 Å². The van der Waals surface area contributed by atoms with Gasteiger partial charge in [0.1, 0.15) is 0 Å². The molecule has 1 aliphatic heterocycles. The van der Waals surface area contributed by atoms with Gasteiger partial charge in [0.2, 0.25) is 5.91 Å². The molecule has 1 amide bonds. The number of fused-ring (bicyclic) bond motifs is 5. The van der Waals surface area contributed by atoms with E-state index >= 15 is 0 Å². The number of hydrogen-bond acceptors (Lipinski definition) is 1. The number of hydrogen-bond donors (Lipinski definition) is 0. The van der Waals surface area contributed by atoms with Gasteiger partial charge in [0.15, 0.2) is 0 Å². The number of benzene rings is 1. The summed E-state index contributed by atoms with van der Waals surface area (Å²) in [6.07, 6.45) is 10.8. The van der Waals surface area contributed by atoms with Gasteiger partial charge in [-0.2, -0.15) is 0 Å². The average Bonchev–Trinajstić information content (AvgIpc) is 3.03. The average molecular weight is 392 g/mol. The highest BCUT2D eigenvalue weighted by molar-refractivity contribution is 5.77. The van der Waals surface area contributed by atoms with E-state index in [1.807, 2.05) is 0 Å². The molecular weight excluding hydrogens is 354 g/mol. The van der Waals surface area contributed by atoms with Crippen molar-refractivity contribution < 1.29 is 4.79 Å². The minimum atomic E-state index is 0.313. The van der Waals surface area contributed by atoms with E-state index < -0.39 is 0 Å². The summed E-state index contributed by atoms with van der Waals surface area (Å²) in [5, 5.41) is 0. The largest absolute Gasteiger partial charge is 0.342 e. The summed E-state index contributed by atoms with van der Waals surface area (Å²) in [6.45, 7) is 7.61. The molecule has 0 spiro atoms. The third-order valence-electron chi connectivity index (χ3n) is 9.73. The molecule has 2 heteroatoms. The fraction of sp³-hybridized carbons (Fsp3) is 0.667. The van der Waals surface area contributed by atoms with Crippen LogP contribution in [0.4, 0.5) is 0 Å². The Morgan fingerprint density at radius 2 is 1.86 bits per heavy atom. The lowest BCUT2D eigenvalue weighted by molar-refractivity contribution is -0.164. The molecule has 1 aromatic carbocycles. The predicted octanol–water partition coefficient (Wildman–Crippen LogP) is 6.18. The fourth-order valence-corrected chi connectivity index (χ4v) is 8.25. The first-order chi connectivity index (χ1) is 13.8. The summed E-state index contributed by atoms with van der Waals surface area (Å²) in [7, 11) is 2.07. The first-order valence-corrected chi connectivity index (χ1v) is 11.8. The van der Waals surface area contributed by atoms with E-state index in [-0.39, 0.29) is 0 Å². The summed E-state index contributed by atoms with van der Waals surface area (Å²) >= 11 is 0. The van der Waals surface area contributed by atoms with Gasteiger partial charge >= 0.3 is 0 Å². The molecule has 1 unspecified atom stereocenters. The zero-order chi connectivity index (χ0) is 20.4. The van der Waals surface area contributed by atoms with Gasteiger partial charge in [-0.15, -0.1) is 0 Å². The van der Waals surface area contributed by atoms with Gasteiger partial charge in [0.05, 0.1) is 0 Å². The molecule has 1 saturated heterocycles. The van der Waals surface area contributed by atoms with Crippen LogP contribution in [0.1, 0.15) is 71.3 Å². The van der Waals surface area contributed by atoms with E-state index in [4.69, 9.17) is 0 Å². The molecule has 4 fully saturated rings. The van der Waals surface area contributed by atoms with E-state index in [0.29, 0.717) is 28.7 Å². The highest BCUT2D eigenvalue weighted by atomic mass is 16.2. The van der Waals surface area contributed by atoms with Gasteiger partial charge in [-0.3, -0.25) is 4.79 Å². The Balaban J connectivity index is 1.46. The van der Waals surface area contributed by atoms with Crippen LogP contribution in [0.5, 0.6) is 0 Å². The number of amides is 1. The van der Waals surface area contributed by atoms with E-state index in [0.717, 1.165) is 30.6 Å². The van der Waals surface area contributed by atoms with Crippen LogP contribution in [-0.4, -0.2) is 23.9 Å². The fourth-order valence-electron chi connectivity index (χ4n) is 8.25. The van der Waals surface area contributed by atoms with E-state index in [1.165, 1.54) is 37.7 Å². The normalized spacial score (nSPS) is 45.7. The Morgan fingerprint density at radius 1 is 1.10 bits per heavy atom. The maximum absolute atomic E-state index is 12.4. The van der Waals surface area contributed by atoms with Crippen molar-refractivity contribution in [3.8, 4) is 0 Å². The van der Waals surface area contributed by atoms with Crippen molar-refractivity contribution in [1.29, 1.82) is 0 Å². The third kappa shape index (κ3) is 2.93. The smallest absolute Gasteiger partial charge is 0.222 e. The predicted molar refractivity (Wildman–Crippen MR) is 119 cm³/mol. The van der Waals surface area contributed by atoms with Crippen molar-refractivity contribution in [2.24, 2.45) is 34.5 Å². The summed E-state index contributed by atoms with van der Waals surface area (Å²) < 4.78 is 0. The molecular formula is C27H37NO. The number of nitrogens with zero attached hydrogens (tertiary/aromatic N) is 1. The molecule has 0 N–H and O–H groups in total. The van der Waals surface area contributed by atoms with Crippen LogP contribution in [-0.2, 0) is 4.79 Å². The van der Waals surface area contributed by atoms with E-state index in [9.17, 15) is 4.79 Å². The van der Waals surface area contributed by atoms with Crippen LogP contribution in [0.2, 0.25) is 0 Å². The molecule has 7 atom stereocenters. The van der Waals surface area contributed by atoms with E-state index in [1.54, 1.807) is 5.57 Å². The molecule has 3 aliphatic carbocycles. The molecule has 5 rings (SSSR count). The van der Waals surface area contributed by atoms with Gasteiger partial charge in [-0.05, 0) is 78.6 Å². The quantitative estimate of drug-likeness (QED) is 0.560. The maximum Gasteiger partial charge on any atom is 0.222 e. The summed E-state index contributed by atoms with van der Waals surface area (Å²) in [4.78, 5) is 14.6. The summed E-state index contributed by atoms with van der Waals surface area (Å²) in [6, 6.07) is 11.3. The molecule has 0 bridgehead atoms. The molecule has 1 aromatic rings. The lowest BCUT2D eigenvalue weighted by Gasteiger charge is -2.63. The van der Waals surface area contributed by atoms with Gasteiger partial charge in [0, 0.05) is 19.5 Å². The number of piperidine rings is 1. The second-order valence-corrected chi connectivity index (χ2v) is 11.3. The van der Waals surface area contributed by atoms with Gasteiger partial charge in [-0.1, -0.05) is 62.8 Å². The minimum Gasteiger partial charge on any atom is -0.342 e. The van der Waals surface area contributed by atoms with E-state index in [2.05, 4.69) is 69.1 Å². The van der Waals surface area contributed by atoms with Gasteiger partial charge in [0.25, 0.3) is 0 Å². The molecule has 156 valence electrons. The lowest BCUT2D eigenvalue weighted by Crippen LogP contribution is -2.62. The number of allylic oxidation sites excluding steroid dienone is 1. The molecule has 4 aliphatic rings. The van der Waals surface area contributed by atoms with Crippen molar-refractivity contribution >= 4 is 12.0 Å². The second-order valence-electron chi connectivity index (χ2n) is 11.3. The number of carbonyl (C=O) groups excluding carboxylic acids is 1. The number of rotatable bonds is 1. The third-order valence-corrected chi connectivity index (χ3v) is 9.73. The minimum absolute atomic E-state index is 0.313. The van der Waals surface area contributed by atoms with Crippen molar-refractivity contribution in [2.75, 3.05) is 7.05 Å². The van der Waals surface area contributed by atoms with Crippen LogP contribution in [0.3, 0.4) is 0 Å². The first-order valence-electron chi connectivity index (χ1n) is 11.8. The summed E-state index contributed by atoms with van der Waals surface area (Å²) in [5.74, 6) is 3.49. The topological polar surface area (TPSA) is 20.3 Å². The maximum atomic E-state index is 12.4. The zero-order valence-corrected chi connectivity index (χ0v) is 18.7. The van der Waals surface area contributed by atoms with Crippen molar-refractivity contribution in [2.45, 2.75) is 71.8 Å². The Kier molecular flexibility index (Phi) is 4.50. The Morgan fingerprint density at radius 3 is 2.62 bits per heavy atom. The molecule has 1 heterocycles. The van der Waals surface area contributed by atoms with Crippen molar-refractivity contribution in [1.82, 2.24) is 4.90 Å². The lowest BCUT2D eigenvalue weighted by atomic mass is 9.45. The molecule has 29 heavy (non-hydrogen) atoms. The SMILES string of the molecule is C[C@H]1C[C@H]2N(C)C(=O)CC[C@]2(C)[C@H]2CC[C@]3(C)C/C(=C/c4ccccc4)C[C@H]3C12. The van der Waals surface area contributed by atoms with Crippen molar-refractivity contribution in [3.63, 3.8) is 0 Å². The zero-order valence-electron chi connectivity index (χ0n) is 18.7. The summed E-state index contributed by atoms with van der Waals surface area (Å²) in [5.41, 5.74) is 3.81. The first kappa shape index (κ1) is 19.4. The van der Waals surface area contributed by atoms with Crippen LogP contribution < -0.4 is 0 Å². The highest BCUT2D eigenvalue weighted by Gasteiger charge is 2.61. The van der Waals surface area contributed by atoms with Gasteiger partial charge in [-0.25, -0.2) is 0 Å². The molecule has 0 aromatic heterocycles. The van der Waals surface area contributed by atoms with Crippen LogP contribution >= 0.6 is 0 Å². The van der Waals surface area contributed by atoms with Gasteiger partial charge < -0.3 is 4.90 Å². The molecule has 3 saturated carbocycles. The Bertz CT molecular complexity index is 828. The van der Waals surface area contributed by atoms with Crippen LogP contribution in [0.15, 0.2) is 35.9 Å². The Hall–Kier alpha value is -1.57. The standard InChI is InChI=1S/C27H37NO/c1-18-14-23-27(3,13-11-24(29)28(23)4)21-10-12-26(2)17-20(16-22(26)25(18)21)15-19-8-6-5-7-9-19/h5-9,15,18,21-23,25H,10-14,16-17H2,1-4H3/b20-15+/t18-,21-,22-,23+,25?,26+,27+/m0/s1. The second kappa shape index (κ2) is 6.72. The Labute approximate surface area is 176 Å². The van der Waals surface area contributed by atoms with Crippen LogP contribution in [0, 0.1) is 34.5 Å². The highest BCUT2D eigenvalue weighted by Crippen LogP contribution is 2.66. The van der Waals surface area contributed by atoms with Crippen LogP contribution in [0.25, 0.3) is 6.08 Å². The number of likely N-dealkylation sites (tertiary alicyclic amines) is 1.